The summed E-state index contributed by atoms with van der Waals surface area (Å²) < 4.78 is 0. The van der Waals surface area contributed by atoms with E-state index in [4.69, 9.17) is 34.8 Å². The first-order chi connectivity index (χ1) is 11.0. The van der Waals surface area contributed by atoms with Gasteiger partial charge in [0.05, 0.1) is 22.0 Å². The molecule has 0 aliphatic rings. The summed E-state index contributed by atoms with van der Waals surface area (Å²) >= 11 is 19.0. The Balaban J connectivity index is 1.73. The number of nitrogens with zero attached hydrogens (tertiary/aromatic N) is 1. The van der Waals surface area contributed by atoms with Crippen molar-refractivity contribution in [3.05, 3.63) is 68.7 Å². The number of carbonyl (C=O) groups excluding carboxylic acids is 1. The molecule has 0 aliphatic heterocycles. The number of hydrogen-bond acceptors (Lipinski definition) is 3. The van der Waals surface area contributed by atoms with Crippen LogP contribution in [0.1, 0.15) is 11.1 Å². The average molecular weight is 388 g/mol. The summed E-state index contributed by atoms with van der Waals surface area (Å²) in [4.78, 5) is 11.7. The van der Waals surface area contributed by atoms with Gasteiger partial charge in [0.25, 0.3) is 0 Å². The highest BCUT2D eigenvalue weighted by Crippen LogP contribution is 2.21. The highest BCUT2D eigenvalue weighted by atomic mass is 35.5. The lowest BCUT2D eigenvalue weighted by atomic mass is 10.2. The third-order valence-corrected chi connectivity index (χ3v) is 4.76. The number of benzene rings is 2. The van der Waals surface area contributed by atoms with Gasteiger partial charge in [-0.3, -0.25) is 4.79 Å². The molecule has 0 spiro atoms. The normalized spacial score (nSPS) is 10.9. The molecule has 2 rings (SSSR count). The van der Waals surface area contributed by atoms with Crippen LogP contribution < -0.4 is 5.43 Å². The van der Waals surface area contributed by atoms with E-state index >= 15 is 0 Å². The second-order valence-electron chi connectivity index (χ2n) is 4.59. The molecule has 0 saturated heterocycles. The zero-order valence-corrected chi connectivity index (χ0v) is 15.0. The number of nitrogens with one attached hydrogen (secondary N) is 1. The van der Waals surface area contributed by atoms with Crippen LogP contribution in [0, 0.1) is 0 Å². The Morgan fingerprint density at radius 2 is 1.83 bits per heavy atom. The second-order valence-corrected chi connectivity index (χ2v) is 6.82. The smallest absolute Gasteiger partial charge is 0.250 e. The molecule has 0 radical (unpaired) electrons. The monoisotopic (exact) mass is 386 g/mol. The Morgan fingerprint density at radius 3 is 2.52 bits per heavy atom. The largest absolute Gasteiger partial charge is 0.272 e. The fraction of sp³-hybridized carbons (Fsp3) is 0.125. The van der Waals surface area contributed by atoms with Crippen molar-refractivity contribution in [1.82, 2.24) is 5.43 Å². The van der Waals surface area contributed by atoms with E-state index in [1.165, 1.54) is 18.0 Å². The van der Waals surface area contributed by atoms with Crippen molar-refractivity contribution in [3.8, 4) is 0 Å². The highest BCUT2D eigenvalue weighted by molar-refractivity contribution is 7.99. The van der Waals surface area contributed by atoms with Gasteiger partial charge in [0.2, 0.25) is 5.91 Å². The number of halogens is 3. The van der Waals surface area contributed by atoms with Crippen LogP contribution in [0.3, 0.4) is 0 Å². The van der Waals surface area contributed by atoms with Crippen molar-refractivity contribution in [1.29, 1.82) is 0 Å². The van der Waals surface area contributed by atoms with E-state index < -0.39 is 0 Å². The maximum Gasteiger partial charge on any atom is 0.250 e. The van der Waals surface area contributed by atoms with Crippen molar-refractivity contribution in [2.75, 3.05) is 5.75 Å². The molecule has 0 bridgehead atoms. The van der Waals surface area contributed by atoms with E-state index in [1.807, 2.05) is 24.3 Å². The lowest BCUT2D eigenvalue weighted by Gasteiger charge is -2.02. The Labute approximate surface area is 154 Å². The van der Waals surface area contributed by atoms with Gasteiger partial charge < -0.3 is 0 Å². The number of thioether (sulfide) groups is 1. The predicted molar refractivity (Wildman–Crippen MR) is 99.8 cm³/mol. The Morgan fingerprint density at radius 1 is 1.09 bits per heavy atom. The maximum absolute atomic E-state index is 11.7. The van der Waals surface area contributed by atoms with E-state index in [9.17, 15) is 4.79 Å². The molecule has 1 N–H and O–H groups in total. The fourth-order valence-electron chi connectivity index (χ4n) is 1.65. The third-order valence-electron chi connectivity index (χ3n) is 2.76. The van der Waals surface area contributed by atoms with Gasteiger partial charge in [-0.1, -0.05) is 53.0 Å². The number of hydrazone groups is 1. The minimum absolute atomic E-state index is 0.166. The molecule has 3 nitrogen and oxygen atoms in total. The summed E-state index contributed by atoms with van der Waals surface area (Å²) in [5, 5.41) is 5.52. The molecule has 0 unspecified atom stereocenters. The molecule has 0 atom stereocenters. The molecule has 0 heterocycles. The van der Waals surface area contributed by atoms with Gasteiger partial charge in [0.1, 0.15) is 0 Å². The molecule has 2 aromatic carbocycles. The summed E-state index contributed by atoms with van der Waals surface area (Å²) in [5.74, 6) is 0.892. The summed E-state index contributed by atoms with van der Waals surface area (Å²) in [7, 11) is 0. The number of amides is 1. The standard InChI is InChI=1S/C16H13Cl3N2OS/c17-13-4-1-11(2-5-13)9-23-10-16(22)21-20-8-12-3-6-14(18)15(19)7-12/h1-8H,9-10H2,(H,21,22)/b20-8-. The summed E-state index contributed by atoms with van der Waals surface area (Å²) in [6.07, 6.45) is 1.52. The molecule has 23 heavy (non-hydrogen) atoms. The first kappa shape index (κ1) is 18.1. The predicted octanol–water partition coefficient (Wildman–Crippen LogP) is 5.03. The molecule has 2 aromatic rings. The van der Waals surface area contributed by atoms with E-state index in [1.54, 1.807) is 18.2 Å². The highest BCUT2D eigenvalue weighted by Gasteiger charge is 2.01. The van der Waals surface area contributed by atoms with Gasteiger partial charge in [-0.25, -0.2) is 5.43 Å². The number of rotatable bonds is 6. The number of carbonyl (C=O) groups is 1. The van der Waals surface area contributed by atoms with Crippen LogP contribution in [0.15, 0.2) is 47.6 Å². The van der Waals surface area contributed by atoms with E-state index in [2.05, 4.69) is 10.5 Å². The van der Waals surface area contributed by atoms with Gasteiger partial charge >= 0.3 is 0 Å². The first-order valence-corrected chi connectivity index (χ1v) is 8.92. The Kier molecular flexibility index (Phi) is 7.24. The minimum atomic E-state index is -0.166. The van der Waals surface area contributed by atoms with Crippen LogP contribution in [0.4, 0.5) is 0 Å². The minimum Gasteiger partial charge on any atom is -0.272 e. The second kappa shape index (κ2) is 9.18. The SMILES string of the molecule is O=C(CSCc1ccc(Cl)cc1)N/N=C\c1ccc(Cl)c(Cl)c1. The van der Waals surface area contributed by atoms with Gasteiger partial charge in [0, 0.05) is 10.8 Å². The van der Waals surface area contributed by atoms with Gasteiger partial charge in [-0.15, -0.1) is 11.8 Å². The van der Waals surface area contributed by atoms with Crippen LogP contribution in [0.2, 0.25) is 15.1 Å². The topological polar surface area (TPSA) is 41.5 Å². The van der Waals surface area contributed by atoms with Crippen LogP contribution >= 0.6 is 46.6 Å². The molecular formula is C16H13Cl3N2OS. The van der Waals surface area contributed by atoms with E-state index in [-0.39, 0.29) is 5.91 Å². The fourth-order valence-corrected chi connectivity index (χ4v) is 2.86. The number of hydrogen-bond donors (Lipinski definition) is 1. The molecule has 0 aliphatic carbocycles. The van der Waals surface area contributed by atoms with Crippen LogP contribution in [-0.2, 0) is 10.5 Å². The van der Waals surface area contributed by atoms with Crippen molar-refractivity contribution < 1.29 is 4.79 Å². The molecular weight excluding hydrogens is 375 g/mol. The lowest BCUT2D eigenvalue weighted by molar-refractivity contribution is -0.118. The summed E-state index contributed by atoms with van der Waals surface area (Å²) in [5.41, 5.74) is 4.35. The summed E-state index contributed by atoms with van der Waals surface area (Å²) in [6.45, 7) is 0. The van der Waals surface area contributed by atoms with Crippen LogP contribution in [0.25, 0.3) is 0 Å². The Hall–Kier alpha value is -1.20. The quantitative estimate of drug-likeness (QED) is 0.558. The average Bonchev–Trinajstić information content (AvgIpc) is 2.53. The molecule has 1 amide bonds. The lowest BCUT2D eigenvalue weighted by Crippen LogP contribution is -2.19. The molecule has 0 aromatic heterocycles. The molecule has 7 heteroatoms. The zero-order valence-electron chi connectivity index (χ0n) is 11.9. The van der Waals surface area contributed by atoms with Crippen molar-refractivity contribution in [2.45, 2.75) is 5.75 Å². The first-order valence-electron chi connectivity index (χ1n) is 6.64. The van der Waals surface area contributed by atoms with Crippen molar-refractivity contribution in [2.24, 2.45) is 5.10 Å². The zero-order chi connectivity index (χ0) is 16.7. The van der Waals surface area contributed by atoms with E-state index in [0.29, 0.717) is 20.8 Å². The Bertz CT molecular complexity index is 705. The van der Waals surface area contributed by atoms with Gasteiger partial charge in [-0.2, -0.15) is 5.10 Å². The molecule has 0 fully saturated rings. The maximum atomic E-state index is 11.7. The molecule has 120 valence electrons. The summed E-state index contributed by atoms with van der Waals surface area (Å²) in [6, 6.07) is 12.7. The van der Waals surface area contributed by atoms with Gasteiger partial charge in [0.15, 0.2) is 0 Å². The van der Waals surface area contributed by atoms with Gasteiger partial charge in [-0.05, 0) is 35.4 Å². The van der Waals surface area contributed by atoms with Crippen LogP contribution in [0.5, 0.6) is 0 Å². The molecule has 0 saturated carbocycles. The van der Waals surface area contributed by atoms with E-state index in [0.717, 1.165) is 16.9 Å². The van der Waals surface area contributed by atoms with Crippen molar-refractivity contribution >= 4 is 58.7 Å². The van der Waals surface area contributed by atoms with Crippen molar-refractivity contribution in [3.63, 3.8) is 0 Å². The van der Waals surface area contributed by atoms with Crippen LogP contribution in [-0.4, -0.2) is 17.9 Å². The third kappa shape index (κ3) is 6.43.